The van der Waals surface area contributed by atoms with Gasteiger partial charge in [-0.05, 0) is 54.8 Å². The predicted octanol–water partition coefficient (Wildman–Crippen LogP) is 4.94. The van der Waals surface area contributed by atoms with E-state index in [1.54, 1.807) is 24.3 Å². The Morgan fingerprint density at radius 1 is 0.839 bits per heavy atom. The van der Waals surface area contributed by atoms with Gasteiger partial charge in [0.15, 0.2) is 0 Å². The van der Waals surface area contributed by atoms with Gasteiger partial charge < -0.3 is 5.32 Å². The standard InChI is InChI=1S/C24H24N2O3S2/c27-24(23(19-9-3-1-4-10-19)30-21-11-5-2-6-12-21)25-20-13-15-22(16-14-20)31(28,29)26-17-7-8-18-26/h1-6,9-16,23H,7-8,17-18H2,(H,25,27)/t23-/m0/s1. The Balaban J connectivity index is 1.51. The minimum absolute atomic E-state index is 0.157. The van der Waals surface area contributed by atoms with Gasteiger partial charge >= 0.3 is 0 Å². The van der Waals surface area contributed by atoms with Gasteiger partial charge in [-0.25, -0.2) is 8.42 Å². The molecule has 1 N–H and O–H groups in total. The monoisotopic (exact) mass is 452 g/mol. The summed E-state index contributed by atoms with van der Waals surface area (Å²) in [7, 11) is -3.47. The summed E-state index contributed by atoms with van der Waals surface area (Å²) in [6, 6.07) is 25.8. The zero-order valence-corrected chi connectivity index (χ0v) is 18.6. The lowest BCUT2D eigenvalue weighted by molar-refractivity contribution is -0.115. The van der Waals surface area contributed by atoms with E-state index in [0.29, 0.717) is 18.8 Å². The molecule has 3 aromatic rings. The quantitative estimate of drug-likeness (QED) is 0.516. The molecule has 4 rings (SSSR count). The molecule has 0 bridgehead atoms. The Bertz CT molecular complexity index is 1110. The van der Waals surface area contributed by atoms with Crippen molar-refractivity contribution in [2.75, 3.05) is 18.4 Å². The normalized spacial score (nSPS) is 15.5. The van der Waals surface area contributed by atoms with Crippen molar-refractivity contribution in [1.29, 1.82) is 0 Å². The molecule has 1 saturated heterocycles. The summed E-state index contributed by atoms with van der Waals surface area (Å²) in [6.07, 6.45) is 1.79. The molecule has 1 aliphatic rings. The van der Waals surface area contributed by atoms with Gasteiger partial charge in [0.1, 0.15) is 5.25 Å². The highest BCUT2D eigenvalue weighted by atomic mass is 32.2. The van der Waals surface area contributed by atoms with Gasteiger partial charge in [0, 0.05) is 23.7 Å². The van der Waals surface area contributed by atoms with Crippen molar-refractivity contribution in [3.63, 3.8) is 0 Å². The topological polar surface area (TPSA) is 66.5 Å². The van der Waals surface area contributed by atoms with E-state index in [-0.39, 0.29) is 10.8 Å². The van der Waals surface area contributed by atoms with Crippen molar-refractivity contribution in [1.82, 2.24) is 4.31 Å². The first-order chi connectivity index (χ1) is 15.0. The summed E-state index contributed by atoms with van der Waals surface area (Å²) in [5.74, 6) is -0.157. The fraction of sp³-hybridized carbons (Fsp3) is 0.208. The Labute approximate surface area is 187 Å². The molecule has 1 atom stereocenters. The Hall–Kier alpha value is -2.61. The van der Waals surface area contributed by atoms with E-state index in [1.165, 1.54) is 16.1 Å². The third-order valence-electron chi connectivity index (χ3n) is 5.16. The van der Waals surface area contributed by atoms with Crippen LogP contribution in [-0.2, 0) is 14.8 Å². The molecule has 3 aromatic carbocycles. The average molecular weight is 453 g/mol. The highest BCUT2D eigenvalue weighted by Crippen LogP contribution is 2.36. The second kappa shape index (κ2) is 9.68. The largest absolute Gasteiger partial charge is 0.325 e. The molecule has 1 heterocycles. The molecule has 160 valence electrons. The van der Waals surface area contributed by atoms with Crippen LogP contribution in [0.5, 0.6) is 0 Å². The van der Waals surface area contributed by atoms with E-state index >= 15 is 0 Å². The Morgan fingerprint density at radius 2 is 1.42 bits per heavy atom. The molecule has 1 aliphatic heterocycles. The SMILES string of the molecule is O=C(Nc1ccc(S(=O)(=O)N2CCCC2)cc1)[C@@H](Sc1ccccc1)c1ccccc1. The van der Waals surface area contributed by atoms with Crippen LogP contribution in [-0.4, -0.2) is 31.7 Å². The van der Waals surface area contributed by atoms with Crippen molar-refractivity contribution in [2.45, 2.75) is 27.9 Å². The van der Waals surface area contributed by atoms with E-state index in [2.05, 4.69) is 5.32 Å². The number of nitrogens with zero attached hydrogens (tertiary/aromatic N) is 1. The van der Waals surface area contributed by atoms with Crippen molar-refractivity contribution in [2.24, 2.45) is 0 Å². The van der Waals surface area contributed by atoms with Gasteiger partial charge in [-0.15, -0.1) is 11.8 Å². The summed E-state index contributed by atoms with van der Waals surface area (Å²) in [5, 5.41) is 2.51. The van der Waals surface area contributed by atoms with Gasteiger partial charge in [-0.3, -0.25) is 4.79 Å². The smallest absolute Gasteiger partial charge is 0.243 e. The Morgan fingerprint density at radius 3 is 2.03 bits per heavy atom. The first-order valence-electron chi connectivity index (χ1n) is 10.2. The summed E-state index contributed by atoms with van der Waals surface area (Å²) in [4.78, 5) is 14.4. The molecule has 0 radical (unpaired) electrons. The first kappa shape index (κ1) is 21.6. The van der Waals surface area contributed by atoms with Crippen molar-refractivity contribution in [3.8, 4) is 0 Å². The molecule has 7 heteroatoms. The van der Waals surface area contributed by atoms with E-state index in [4.69, 9.17) is 0 Å². The van der Waals surface area contributed by atoms with Crippen LogP contribution in [0.15, 0.2) is 94.7 Å². The number of anilines is 1. The van der Waals surface area contributed by atoms with Gasteiger partial charge in [-0.1, -0.05) is 48.5 Å². The van der Waals surface area contributed by atoms with Crippen molar-refractivity contribution in [3.05, 3.63) is 90.5 Å². The summed E-state index contributed by atoms with van der Waals surface area (Å²) >= 11 is 1.48. The summed E-state index contributed by atoms with van der Waals surface area (Å²) in [5.41, 5.74) is 1.47. The van der Waals surface area contributed by atoms with Crippen molar-refractivity contribution < 1.29 is 13.2 Å². The number of hydrogen-bond donors (Lipinski definition) is 1. The zero-order valence-electron chi connectivity index (χ0n) is 17.0. The minimum Gasteiger partial charge on any atom is -0.325 e. The number of thioether (sulfide) groups is 1. The number of carbonyl (C=O) groups is 1. The van der Waals surface area contributed by atoms with Crippen LogP contribution in [0.25, 0.3) is 0 Å². The van der Waals surface area contributed by atoms with Gasteiger partial charge in [0.05, 0.1) is 4.90 Å². The molecule has 0 spiro atoms. The number of amides is 1. The number of sulfonamides is 1. The van der Waals surface area contributed by atoms with Crippen LogP contribution in [0.1, 0.15) is 23.7 Å². The van der Waals surface area contributed by atoms with Crippen LogP contribution in [0.2, 0.25) is 0 Å². The molecule has 0 unspecified atom stereocenters. The third-order valence-corrected chi connectivity index (χ3v) is 8.34. The molecule has 0 aliphatic carbocycles. The minimum atomic E-state index is -3.47. The maximum absolute atomic E-state index is 13.1. The van der Waals surface area contributed by atoms with E-state index < -0.39 is 15.3 Å². The number of benzene rings is 3. The first-order valence-corrected chi connectivity index (χ1v) is 12.5. The molecule has 1 amide bonds. The molecule has 5 nitrogen and oxygen atoms in total. The maximum Gasteiger partial charge on any atom is 0.243 e. The van der Waals surface area contributed by atoms with E-state index in [9.17, 15) is 13.2 Å². The van der Waals surface area contributed by atoms with Gasteiger partial charge in [-0.2, -0.15) is 4.31 Å². The summed E-state index contributed by atoms with van der Waals surface area (Å²) < 4.78 is 26.9. The highest BCUT2D eigenvalue weighted by Gasteiger charge is 2.27. The highest BCUT2D eigenvalue weighted by molar-refractivity contribution is 8.00. The molecular weight excluding hydrogens is 428 g/mol. The average Bonchev–Trinajstić information content (AvgIpc) is 3.35. The van der Waals surface area contributed by atoms with Crippen LogP contribution in [0, 0.1) is 0 Å². The van der Waals surface area contributed by atoms with E-state index in [1.807, 2.05) is 60.7 Å². The molecule has 0 saturated carbocycles. The zero-order chi connectivity index (χ0) is 21.7. The lowest BCUT2D eigenvalue weighted by Crippen LogP contribution is -2.27. The number of nitrogens with one attached hydrogen (secondary N) is 1. The fourth-order valence-corrected chi connectivity index (χ4v) is 6.09. The van der Waals surface area contributed by atoms with Crippen LogP contribution >= 0.6 is 11.8 Å². The molecule has 1 fully saturated rings. The van der Waals surface area contributed by atoms with Crippen LogP contribution in [0.3, 0.4) is 0 Å². The molecule has 31 heavy (non-hydrogen) atoms. The van der Waals surface area contributed by atoms with Crippen LogP contribution in [0.4, 0.5) is 5.69 Å². The second-order valence-electron chi connectivity index (χ2n) is 7.35. The number of carbonyl (C=O) groups excluding carboxylic acids is 1. The molecule has 0 aromatic heterocycles. The van der Waals surface area contributed by atoms with Gasteiger partial charge in [0.2, 0.25) is 15.9 Å². The third kappa shape index (κ3) is 5.18. The number of hydrogen-bond acceptors (Lipinski definition) is 4. The van der Waals surface area contributed by atoms with Gasteiger partial charge in [0.25, 0.3) is 0 Å². The second-order valence-corrected chi connectivity index (χ2v) is 10.5. The fourth-order valence-electron chi connectivity index (χ4n) is 3.53. The van der Waals surface area contributed by atoms with Crippen molar-refractivity contribution >= 4 is 33.4 Å². The molecular formula is C24H24N2O3S2. The Kier molecular flexibility index (Phi) is 6.75. The lowest BCUT2D eigenvalue weighted by Gasteiger charge is -2.18. The maximum atomic E-state index is 13.1. The van der Waals surface area contributed by atoms with Crippen LogP contribution < -0.4 is 5.32 Å². The summed E-state index contributed by atoms with van der Waals surface area (Å²) in [6.45, 7) is 1.13. The number of rotatable bonds is 7. The lowest BCUT2D eigenvalue weighted by atomic mass is 10.1. The van der Waals surface area contributed by atoms with E-state index in [0.717, 1.165) is 23.3 Å². The predicted molar refractivity (Wildman–Crippen MR) is 125 cm³/mol.